The zero-order valence-electron chi connectivity index (χ0n) is 11.8. The Bertz CT molecular complexity index is 702. The largest absolute Gasteiger partial charge is 0.369 e. The fourth-order valence-electron chi connectivity index (χ4n) is 1.98. The molecule has 0 saturated heterocycles. The zero-order valence-corrected chi connectivity index (χ0v) is 12.6. The minimum absolute atomic E-state index is 0.108. The summed E-state index contributed by atoms with van der Waals surface area (Å²) in [4.78, 5) is 30.9. The number of carbonyl (C=O) groups excluding carboxylic acids is 1. The van der Waals surface area contributed by atoms with Crippen LogP contribution in [0.15, 0.2) is 16.0 Å². The molecule has 2 rings (SSSR count). The highest BCUT2D eigenvalue weighted by molar-refractivity contribution is 7.99. The molecule has 0 aliphatic heterocycles. The number of aromatic amines is 1. The van der Waals surface area contributed by atoms with E-state index in [1.165, 1.54) is 11.8 Å². The summed E-state index contributed by atoms with van der Waals surface area (Å²) in [5.41, 5.74) is 7.08. The van der Waals surface area contributed by atoms with Crippen molar-refractivity contribution in [3.8, 4) is 0 Å². The summed E-state index contributed by atoms with van der Waals surface area (Å²) in [7, 11) is 0. The molecule has 3 N–H and O–H groups in total. The first kappa shape index (κ1) is 14.6. The number of hydrogen-bond donors (Lipinski definition) is 2. The molecule has 2 aromatic heterocycles. The van der Waals surface area contributed by atoms with E-state index in [1.54, 1.807) is 4.57 Å². The average Bonchev–Trinajstić information content (AvgIpc) is 2.71. The Labute approximate surface area is 120 Å². The monoisotopic (exact) mass is 294 g/mol. The van der Waals surface area contributed by atoms with Gasteiger partial charge in [0, 0.05) is 12.2 Å². The molecule has 0 atom stereocenters. The standard InChI is InChI=1S/C13H18N4O2S/c1-7(2)5-17-12(19)11-9(4-8(3)15-11)16-13(17)20-6-10(14)18/h4,7,15H,5-6H2,1-3H3,(H2,14,18). The minimum atomic E-state index is -0.425. The van der Waals surface area contributed by atoms with E-state index in [2.05, 4.69) is 9.97 Å². The van der Waals surface area contributed by atoms with Crippen LogP contribution in [0.1, 0.15) is 19.5 Å². The van der Waals surface area contributed by atoms with E-state index >= 15 is 0 Å². The molecule has 0 radical (unpaired) electrons. The van der Waals surface area contributed by atoms with Crippen LogP contribution in [0.3, 0.4) is 0 Å². The summed E-state index contributed by atoms with van der Waals surface area (Å²) in [5, 5.41) is 0.536. The van der Waals surface area contributed by atoms with E-state index in [-0.39, 0.29) is 11.3 Å². The van der Waals surface area contributed by atoms with Gasteiger partial charge in [0.05, 0.1) is 11.3 Å². The maximum Gasteiger partial charge on any atom is 0.278 e. The Balaban J connectivity index is 2.56. The molecule has 0 aromatic carbocycles. The van der Waals surface area contributed by atoms with Crippen molar-refractivity contribution in [3.63, 3.8) is 0 Å². The molecule has 2 heterocycles. The molecule has 20 heavy (non-hydrogen) atoms. The summed E-state index contributed by atoms with van der Waals surface area (Å²) in [6, 6.07) is 1.82. The van der Waals surface area contributed by atoms with Crippen LogP contribution in [0.4, 0.5) is 0 Å². The SMILES string of the molecule is Cc1cc2nc(SCC(N)=O)n(CC(C)C)c(=O)c2[nH]1. The quantitative estimate of drug-likeness (QED) is 0.641. The predicted octanol–water partition coefficient (Wildman–Crippen LogP) is 1.27. The number of hydrogen-bond acceptors (Lipinski definition) is 4. The molecule has 2 aromatic rings. The number of carbonyl (C=O) groups is 1. The Morgan fingerprint density at radius 3 is 2.85 bits per heavy atom. The maximum absolute atomic E-state index is 12.5. The number of nitrogens with two attached hydrogens (primary N) is 1. The molecule has 1 amide bonds. The fraction of sp³-hybridized carbons (Fsp3) is 0.462. The number of primary amides is 1. The highest BCUT2D eigenvalue weighted by Crippen LogP contribution is 2.19. The second-order valence-corrected chi connectivity index (χ2v) is 6.11. The Morgan fingerprint density at radius 1 is 1.55 bits per heavy atom. The molecule has 0 aliphatic rings. The molecule has 0 saturated carbocycles. The third-order valence-corrected chi connectivity index (χ3v) is 3.73. The first-order valence-corrected chi connectivity index (χ1v) is 7.38. The summed E-state index contributed by atoms with van der Waals surface area (Å²) in [6.07, 6.45) is 0. The second kappa shape index (κ2) is 5.70. The van der Waals surface area contributed by atoms with Gasteiger partial charge in [-0.2, -0.15) is 0 Å². The van der Waals surface area contributed by atoms with Crippen LogP contribution in [0.5, 0.6) is 0 Å². The molecule has 0 spiro atoms. The molecular weight excluding hydrogens is 276 g/mol. The normalized spacial score (nSPS) is 11.4. The van der Waals surface area contributed by atoms with Gasteiger partial charge in [-0.15, -0.1) is 0 Å². The lowest BCUT2D eigenvalue weighted by Crippen LogP contribution is -2.26. The molecule has 0 unspecified atom stereocenters. The molecule has 0 bridgehead atoms. The van der Waals surface area contributed by atoms with Crippen LogP contribution in [-0.4, -0.2) is 26.2 Å². The lowest BCUT2D eigenvalue weighted by molar-refractivity contribution is -0.115. The van der Waals surface area contributed by atoms with Crippen molar-refractivity contribution in [2.24, 2.45) is 11.7 Å². The van der Waals surface area contributed by atoms with E-state index in [9.17, 15) is 9.59 Å². The number of aryl methyl sites for hydroxylation is 1. The van der Waals surface area contributed by atoms with E-state index in [1.807, 2.05) is 26.8 Å². The van der Waals surface area contributed by atoms with Gasteiger partial charge in [-0.25, -0.2) is 4.98 Å². The lowest BCUT2D eigenvalue weighted by atomic mass is 10.2. The number of amides is 1. The first-order chi connectivity index (χ1) is 9.38. The van der Waals surface area contributed by atoms with Crippen molar-refractivity contribution in [3.05, 3.63) is 22.1 Å². The second-order valence-electron chi connectivity index (χ2n) is 5.17. The zero-order chi connectivity index (χ0) is 14.9. The van der Waals surface area contributed by atoms with Crippen LogP contribution in [-0.2, 0) is 11.3 Å². The van der Waals surface area contributed by atoms with Gasteiger partial charge in [0.1, 0.15) is 5.52 Å². The average molecular weight is 294 g/mol. The lowest BCUT2D eigenvalue weighted by Gasteiger charge is -2.13. The number of H-pyrrole nitrogens is 1. The van der Waals surface area contributed by atoms with Gasteiger partial charge in [-0.3, -0.25) is 14.2 Å². The van der Waals surface area contributed by atoms with Crippen molar-refractivity contribution in [2.45, 2.75) is 32.5 Å². The van der Waals surface area contributed by atoms with Crippen LogP contribution in [0.25, 0.3) is 11.0 Å². The number of aromatic nitrogens is 3. The van der Waals surface area contributed by atoms with E-state index in [0.29, 0.717) is 28.7 Å². The third kappa shape index (κ3) is 3.04. The van der Waals surface area contributed by atoms with Gasteiger partial charge >= 0.3 is 0 Å². The highest BCUT2D eigenvalue weighted by atomic mass is 32.2. The fourth-order valence-corrected chi connectivity index (χ4v) is 2.73. The topological polar surface area (TPSA) is 93.8 Å². The first-order valence-electron chi connectivity index (χ1n) is 6.39. The Hall–Kier alpha value is -1.76. The van der Waals surface area contributed by atoms with Gasteiger partial charge in [-0.05, 0) is 18.9 Å². The number of thioether (sulfide) groups is 1. The Kier molecular flexibility index (Phi) is 4.17. The van der Waals surface area contributed by atoms with Gasteiger partial charge in [0.25, 0.3) is 5.56 Å². The molecule has 0 aliphatic carbocycles. The summed E-state index contributed by atoms with van der Waals surface area (Å²) >= 11 is 1.20. The number of fused-ring (bicyclic) bond motifs is 1. The molecule has 0 fully saturated rings. The summed E-state index contributed by atoms with van der Waals surface area (Å²) < 4.78 is 1.61. The van der Waals surface area contributed by atoms with Crippen molar-refractivity contribution < 1.29 is 4.79 Å². The predicted molar refractivity (Wildman–Crippen MR) is 79.8 cm³/mol. The number of nitrogens with one attached hydrogen (secondary N) is 1. The summed E-state index contributed by atoms with van der Waals surface area (Å²) in [6.45, 7) is 6.49. The number of rotatable bonds is 5. The van der Waals surface area contributed by atoms with Crippen molar-refractivity contribution in [1.29, 1.82) is 0 Å². The van der Waals surface area contributed by atoms with E-state index in [0.717, 1.165) is 5.69 Å². The summed E-state index contributed by atoms with van der Waals surface area (Å²) in [5.74, 6) is -0.0129. The third-order valence-electron chi connectivity index (χ3n) is 2.73. The van der Waals surface area contributed by atoms with Crippen molar-refractivity contribution in [1.82, 2.24) is 14.5 Å². The molecule has 7 heteroatoms. The van der Waals surface area contributed by atoms with Crippen molar-refractivity contribution in [2.75, 3.05) is 5.75 Å². The van der Waals surface area contributed by atoms with Crippen LogP contribution >= 0.6 is 11.8 Å². The van der Waals surface area contributed by atoms with Gasteiger partial charge < -0.3 is 10.7 Å². The maximum atomic E-state index is 12.5. The van der Waals surface area contributed by atoms with E-state index < -0.39 is 5.91 Å². The smallest absolute Gasteiger partial charge is 0.278 e. The van der Waals surface area contributed by atoms with Gasteiger partial charge in [0.15, 0.2) is 5.16 Å². The van der Waals surface area contributed by atoms with Crippen LogP contribution in [0.2, 0.25) is 0 Å². The van der Waals surface area contributed by atoms with Crippen LogP contribution < -0.4 is 11.3 Å². The van der Waals surface area contributed by atoms with Gasteiger partial charge in [-0.1, -0.05) is 25.6 Å². The number of nitrogens with zero attached hydrogens (tertiary/aromatic N) is 2. The van der Waals surface area contributed by atoms with E-state index in [4.69, 9.17) is 5.73 Å². The Morgan fingerprint density at radius 2 is 2.25 bits per heavy atom. The molecule has 108 valence electrons. The molecular formula is C13H18N4O2S. The van der Waals surface area contributed by atoms with Gasteiger partial charge in [0.2, 0.25) is 5.91 Å². The van der Waals surface area contributed by atoms with Crippen molar-refractivity contribution >= 4 is 28.7 Å². The highest BCUT2D eigenvalue weighted by Gasteiger charge is 2.14. The molecule has 6 nitrogen and oxygen atoms in total. The minimum Gasteiger partial charge on any atom is -0.369 e. The van der Waals surface area contributed by atoms with Crippen LogP contribution in [0, 0.1) is 12.8 Å².